The minimum absolute atomic E-state index is 0.954. The minimum atomic E-state index is 0.954. The van der Waals surface area contributed by atoms with Crippen molar-refractivity contribution in [3.05, 3.63) is 6.92 Å². The third kappa shape index (κ3) is 1.98. The summed E-state index contributed by atoms with van der Waals surface area (Å²) in [7, 11) is 0. The maximum atomic E-state index is 3.90. The van der Waals surface area contributed by atoms with Crippen LogP contribution in [0.5, 0.6) is 0 Å². The van der Waals surface area contributed by atoms with Gasteiger partial charge in [0.15, 0.2) is 0 Å². The van der Waals surface area contributed by atoms with Crippen molar-refractivity contribution < 1.29 is 0 Å². The van der Waals surface area contributed by atoms with Crippen LogP contribution in [0.3, 0.4) is 0 Å². The predicted octanol–water partition coefficient (Wildman–Crippen LogP) is 1.94. The van der Waals surface area contributed by atoms with Crippen molar-refractivity contribution in [3.8, 4) is 0 Å². The number of rotatable bonds is 2. The van der Waals surface area contributed by atoms with E-state index in [1.807, 2.05) is 0 Å². The first kappa shape index (κ1) is 8.06. The van der Waals surface area contributed by atoms with Gasteiger partial charge in [0, 0.05) is 6.54 Å². The zero-order valence-electron chi connectivity index (χ0n) is 6.97. The molecule has 1 rings (SSSR count). The maximum absolute atomic E-state index is 3.90. The van der Waals surface area contributed by atoms with E-state index in [2.05, 4.69) is 18.7 Å². The van der Waals surface area contributed by atoms with Crippen LogP contribution in [0.4, 0.5) is 0 Å². The fourth-order valence-corrected chi connectivity index (χ4v) is 1.69. The first-order valence-corrected chi connectivity index (χ1v) is 4.38. The van der Waals surface area contributed by atoms with Crippen LogP contribution in [-0.2, 0) is 0 Å². The molecule has 0 saturated carbocycles. The Hall–Kier alpha value is -0.0400. The van der Waals surface area contributed by atoms with E-state index in [1.54, 1.807) is 0 Å². The lowest BCUT2D eigenvalue weighted by atomic mass is 9.96. The lowest BCUT2D eigenvalue weighted by molar-refractivity contribution is 0.187. The summed E-state index contributed by atoms with van der Waals surface area (Å²) < 4.78 is 0. The number of likely N-dealkylation sites (tertiary alicyclic amines) is 1. The fourth-order valence-electron chi connectivity index (χ4n) is 1.69. The van der Waals surface area contributed by atoms with Gasteiger partial charge in [-0.3, -0.25) is 0 Å². The first-order valence-electron chi connectivity index (χ1n) is 4.38. The summed E-state index contributed by atoms with van der Waals surface area (Å²) in [5.74, 6) is 0.954. The van der Waals surface area contributed by atoms with Crippen LogP contribution in [0.1, 0.15) is 26.2 Å². The van der Waals surface area contributed by atoms with Gasteiger partial charge in [-0.25, -0.2) is 0 Å². The van der Waals surface area contributed by atoms with E-state index < -0.39 is 0 Å². The summed E-state index contributed by atoms with van der Waals surface area (Å²) in [5.41, 5.74) is 0. The molecular formula is C9H18N. The van der Waals surface area contributed by atoms with Crippen molar-refractivity contribution in [2.24, 2.45) is 5.92 Å². The van der Waals surface area contributed by atoms with Crippen molar-refractivity contribution in [3.63, 3.8) is 0 Å². The van der Waals surface area contributed by atoms with Crippen LogP contribution in [0, 0.1) is 12.8 Å². The van der Waals surface area contributed by atoms with E-state index >= 15 is 0 Å². The SMILES string of the molecule is [CH2]CN1CCC[C@@H](CC)C1. The molecule has 0 bridgehead atoms. The molecule has 1 fully saturated rings. The largest absolute Gasteiger partial charge is 0.303 e. The van der Waals surface area contributed by atoms with Gasteiger partial charge in [-0.05, 0) is 38.8 Å². The van der Waals surface area contributed by atoms with Gasteiger partial charge in [0.25, 0.3) is 0 Å². The van der Waals surface area contributed by atoms with E-state index in [0.29, 0.717) is 0 Å². The molecular weight excluding hydrogens is 122 g/mol. The Labute approximate surface area is 64.4 Å². The highest BCUT2D eigenvalue weighted by atomic mass is 15.1. The molecule has 0 unspecified atom stereocenters. The van der Waals surface area contributed by atoms with Crippen molar-refractivity contribution >= 4 is 0 Å². The zero-order chi connectivity index (χ0) is 7.40. The Morgan fingerprint density at radius 1 is 1.60 bits per heavy atom. The van der Waals surface area contributed by atoms with Crippen molar-refractivity contribution in [1.29, 1.82) is 0 Å². The molecule has 1 radical (unpaired) electrons. The molecule has 0 aromatic heterocycles. The summed E-state index contributed by atoms with van der Waals surface area (Å²) in [4.78, 5) is 2.46. The molecule has 10 heavy (non-hydrogen) atoms. The molecule has 1 atom stereocenters. The van der Waals surface area contributed by atoms with Gasteiger partial charge >= 0.3 is 0 Å². The zero-order valence-corrected chi connectivity index (χ0v) is 6.97. The van der Waals surface area contributed by atoms with Crippen LogP contribution in [0.15, 0.2) is 0 Å². The highest BCUT2D eigenvalue weighted by Gasteiger charge is 2.16. The predicted molar refractivity (Wildman–Crippen MR) is 44.8 cm³/mol. The first-order chi connectivity index (χ1) is 4.86. The summed E-state index contributed by atoms with van der Waals surface area (Å²) in [6.45, 7) is 9.76. The van der Waals surface area contributed by atoms with Gasteiger partial charge in [0.05, 0.1) is 0 Å². The molecule has 0 amide bonds. The lowest BCUT2D eigenvalue weighted by Crippen LogP contribution is -2.34. The second-order valence-corrected chi connectivity index (χ2v) is 3.22. The van der Waals surface area contributed by atoms with Crippen molar-refractivity contribution in [2.45, 2.75) is 26.2 Å². The van der Waals surface area contributed by atoms with Crippen LogP contribution < -0.4 is 0 Å². The molecule has 0 aromatic carbocycles. The van der Waals surface area contributed by atoms with Crippen LogP contribution in [0.2, 0.25) is 0 Å². The van der Waals surface area contributed by atoms with E-state index in [0.717, 1.165) is 12.5 Å². The summed E-state index contributed by atoms with van der Waals surface area (Å²) in [6, 6.07) is 0. The molecule has 1 aliphatic rings. The monoisotopic (exact) mass is 140 g/mol. The van der Waals surface area contributed by atoms with Crippen LogP contribution >= 0.6 is 0 Å². The molecule has 0 aliphatic carbocycles. The van der Waals surface area contributed by atoms with E-state index in [9.17, 15) is 0 Å². The summed E-state index contributed by atoms with van der Waals surface area (Å²) in [5, 5.41) is 0. The number of piperidine rings is 1. The van der Waals surface area contributed by atoms with E-state index in [-0.39, 0.29) is 0 Å². The van der Waals surface area contributed by atoms with Gasteiger partial charge in [-0.2, -0.15) is 0 Å². The molecule has 0 N–H and O–H groups in total. The van der Waals surface area contributed by atoms with Gasteiger partial charge < -0.3 is 4.90 Å². The summed E-state index contributed by atoms with van der Waals surface area (Å²) >= 11 is 0. The molecule has 1 heteroatoms. The van der Waals surface area contributed by atoms with E-state index in [1.165, 1.54) is 32.4 Å². The average molecular weight is 140 g/mol. The average Bonchev–Trinajstić information content (AvgIpc) is 2.05. The fraction of sp³-hybridized carbons (Fsp3) is 0.889. The van der Waals surface area contributed by atoms with Gasteiger partial charge in [-0.1, -0.05) is 13.3 Å². The van der Waals surface area contributed by atoms with Crippen molar-refractivity contribution in [2.75, 3.05) is 19.6 Å². The highest BCUT2D eigenvalue weighted by Crippen LogP contribution is 2.18. The Kier molecular flexibility index (Phi) is 3.20. The third-order valence-corrected chi connectivity index (χ3v) is 2.50. The van der Waals surface area contributed by atoms with Crippen LogP contribution in [-0.4, -0.2) is 24.5 Å². The van der Waals surface area contributed by atoms with Crippen molar-refractivity contribution in [1.82, 2.24) is 4.90 Å². The minimum Gasteiger partial charge on any atom is -0.303 e. The normalized spacial score (nSPS) is 28.8. The highest BCUT2D eigenvalue weighted by molar-refractivity contribution is 4.71. The second-order valence-electron chi connectivity index (χ2n) is 3.22. The van der Waals surface area contributed by atoms with Gasteiger partial charge in [0.2, 0.25) is 0 Å². The Morgan fingerprint density at radius 2 is 2.40 bits per heavy atom. The molecule has 59 valence electrons. The number of hydrogen-bond acceptors (Lipinski definition) is 1. The maximum Gasteiger partial charge on any atom is 0.000956 e. The molecule has 0 aromatic rings. The smallest absolute Gasteiger partial charge is 0.000956 e. The second kappa shape index (κ2) is 3.97. The Morgan fingerprint density at radius 3 is 3.00 bits per heavy atom. The third-order valence-electron chi connectivity index (χ3n) is 2.50. The topological polar surface area (TPSA) is 3.24 Å². The molecule has 1 heterocycles. The number of nitrogens with zero attached hydrogens (tertiary/aromatic N) is 1. The lowest BCUT2D eigenvalue weighted by Gasteiger charge is -2.30. The Bertz CT molecular complexity index is 80.7. The van der Waals surface area contributed by atoms with Gasteiger partial charge in [-0.15, -0.1) is 0 Å². The van der Waals surface area contributed by atoms with E-state index in [4.69, 9.17) is 0 Å². The Balaban J connectivity index is 2.25. The molecule has 1 saturated heterocycles. The standard InChI is InChI=1S/C9H18N/c1-3-9-6-5-7-10(4-2)8-9/h9H,2-8H2,1H3/t9-/m1/s1. The molecule has 1 nitrogen and oxygen atoms in total. The quantitative estimate of drug-likeness (QED) is 0.566. The molecule has 1 aliphatic heterocycles. The summed E-state index contributed by atoms with van der Waals surface area (Å²) in [6.07, 6.45) is 4.16. The number of hydrogen-bond donors (Lipinski definition) is 0. The molecule has 0 spiro atoms. The van der Waals surface area contributed by atoms with Crippen LogP contribution in [0.25, 0.3) is 0 Å². The van der Waals surface area contributed by atoms with Gasteiger partial charge in [0.1, 0.15) is 0 Å².